The van der Waals surface area contributed by atoms with E-state index < -0.39 is 21.6 Å². The molecule has 1 aliphatic heterocycles. The minimum absolute atomic E-state index is 0.107. The molecule has 0 aromatic carbocycles. The maximum atomic E-state index is 13.9. The Morgan fingerprint density at radius 1 is 1.32 bits per heavy atom. The summed E-state index contributed by atoms with van der Waals surface area (Å²) >= 11 is 1.14. The van der Waals surface area contributed by atoms with Crippen LogP contribution in [0.1, 0.15) is 31.2 Å². The number of amides is 1. The van der Waals surface area contributed by atoms with Gasteiger partial charge in [0.25, 0.3) is 0 Å². The molecule has 0 radical (unpaired) electrons. The van der Waals surface area contributed by atoms with Gasteiger partial charge in [-0.1, -0.05) is 12.1 Å². The third-order valence-electron chi connectivity index (χ3n) is 4.82. The van der Waals surface area contributed by atoms with Crippen LogP contribution in [-0.2, 0) is 20.4 Å². The summed E-state index contributed by atoms with van der Waals surface area (Å²) in [5.74, 6) is -0.799. The van der Waals surface area contributed by atoms with E-state index in [1.165, 1.54) is 18.3 Å². The summed E-state index contributed by atoms with van der Waals surface area (Å²) in [7, 11) is -3.52. The standard InChI is InChI=1S/C18H22FN3O4S2/c19-17-14(4-1-9-20-17)18(24)7-11-22(12-8-18)15(23)5-2-10-21-28(25,26)16-6-3-13-27-16/h1,3-4,6,9,13,21,24H,2,5,7-8,10-12H2. The van der Waals surface area contributed by atoms with Gasteiger partial charge in [0.15, 0.2) is 0 Å². The van der Waals surface area contributed by atoms with Crippen molar-refractivity contribution in [3.8, 4) is 0 Å². The number of aliphatic hydroxyl groups is 1. The van der Waals surface area contributed by atoms with Crippen molar-refractivity contribution in [3.63, 3.8) is 0 Å². The zero-order valence-electron chi connectivity index (χ0n) is 15.2. The van der Waals surface area contributed by atoms with Crippen LogP contribution in [-0.4, -0.2) is 48.9 Å². The average Bonchev–Trinajstić information content (AvgIpc) is 3.22. The largest absolute Gasteiger partial charge is 0.385 e. The highest BCUT2D eigenvalue weighted by Crippen LogP contribution is 2.33. The summed E-state index contributed by atoms with van der Waals surface area (Å²) < 4.78 is 40.6. The number of hydrogen-bond donors (Lipinski definition) is 2. The number of rotatable bonds is 7. The third-order valence-corrected chi connectivity index (χ3v) is 7.68. The molecule has 0 atom stereocenters. The monoisotopic (exact) mass is 427 g/mol. The molecule has 1 amide bonds. The van der Waals surface area contributed by atoms with E-state index in [0.29, 0.717) is 19.5 Å². The van der Waals surface area contributed by atoms with Crippen LogP contribution < -0.4 is 4.72 Å². The first-order valence-electron chi connectivity index (χ1n) is 8.96. The summed E-state index contributed by atoms with van der Waals surface area (Å²) in [5, 5.41) is 12.4. The highest BCUT2D eigenvalue weighted by Gasteiger charge is 2.37. The van der Waals surface area contributed by atoms with Crippen molar-refractivity contribution < 1.29 is 22.7 Å². The zero-order chi connectivity index (χ0) is 20.2. The Bertz CT molecular complexity index is 911. The van der Waals surface area contributed by atoms with E-state index in [4.69, 9.17) is 0 Å². The van der Waals surface area contributed by atoms with Gasteiger partial charge in [-0.15, -0.1) is 11.3 Å². The fraction of sp³-hybridized carbons (Fsp3) is 0.444. The number of hydrogen-bond acceptors (Lipinski definition) is 6. The molecule has 0 aliphatic carbocycles. The number of pyridine rings is 1. The smallest absolute Gasteiger partial charge is 0.250 e. The van der Waals surface area contributed by atoms with Crippen LogP contribution in [0.2, 0.25) is 0 Å². The predicted octanol–water partition coefficient (Wildman–Crippen LogP) is 1.85. The third kappa shape index (κ3) is 4.75. The molecule has 7 nitrogen and oxygen atoms in total. The van der Waals surface area contributed by atoms with Crippen molar-refractivity contribution >= 4 is 27.3 Å². The summed E-state index contributed by atoms with van der Waals surface area (Å²) in [4.78, 5) is 17.5. The van der Waals surface area contributed by atoms with Crippen LogP contribution in [0.4, 0.5) is 4.39 Å². The molecule has 1 fully saturated rings. The molecule has 10 heteroatoms. The van der Waals surface area contributed by atoms with E-state index in [-0.39, 0.29) is 41.5 Å². The van der Waals surface area contributed by atoms with E-state index in [1.807, 2.05) is 0 Å². The molecule has 1 saturated heterocycles. The maximum Gasteiger partial charge on any atom is 0.250 e. The number of carbonyl (C=O) groups excluding carboxylic acids is 1. The molecule has 2 aromatic rings. The fourth-order valence-corrected chi connectivity index (χ4v) is 5.33. The lowest BCUT2D eigenvalue weighted by molar-refractivity contribution is -0.135. The number of sulfonamides is 1. The molecular formula is C18H22FN3O4S2. The van der Waals surface area contributed by atoms with Gasteiger partial charge >= 0.3 is 0 Å². The van der Waals surface area contributed by atoms with Crippen LogP contribution in [0, 0.1) is 5.95 Å². The topological polar surface area (TPSA) is 99.6 Å². The Labute approximate surface area is 167 Å². The summed E-state index contributed by atoms with van der Waals surface area (Å²) in [6.07, 6.45) is 2.36. The van der Waals surface area contributed by atoms with Crippen molar-refractivity contribution in [1.29, 1.82) is 0 Å². The Morgan fingerprint density at radius 3 is 2.71 bits per heavy atom. The number of likely N-dealkylation sites (tertiary alicyclic amines) is 1. The highest BCUT2D eigenvalue weighted by atomic mass is 32.2. The van der Waals surface area contributed by atoms with E-state index in [2.05, 4.69) is 9.71 Å². The van der Waals surface area contributed by atoms with Gasteiger partial charge in [0.1, 0.15) is 4.21 Å². The first-order chi connectivity index (χ1) is 13.3. The van der Waals surface area contributed by atoms with Gasteiger partial charge in [0.2, 0.25) is 21.9 Å². The van der Waals surface area contributed by atoms with E-state index in [0.717, 1.165) is 11.3 Å². The number of piperidine rings is 1. The van der Waals surface area contributed by atoms with Gasteiger partial charge in [-0.05, 0) is 36.8 Å². The number of nitrogens with zero attached hydrogens (tertiary/aromatic N) is 2. The molecular weight excluding hydrogens is 405 g/mol. The molecule has 28 heavy (non-hydrogen) atoms. The molecule has 0 bridgehead atoms. The van der Waals surface area contributed by atoms with Crippen molar-refractivity contribution in [3.05, 3.63) is 47.4 Å². The lowest BCUT2D eigenvalue weighted by Gasteiger charge is -2.38. The lowest BCUT2D eigenvalue weighted by atomic mass is 9.85. The molecule has 0 unspecified atom stereocenters. The number of thiophene rings is 1. The lowest BCUT2D eigenvalue weighted by Crippen LogP contribution is -2.45. The zero-order valence-corrected chi connectivity index (χ0v) is 16.8. The van der Waals surface area contributed by atoms with Crippen LogP contribution >= 0.6 is 11.3 Å². The second-order valence-corrected chi connectivity index (χ2v) is 9.63. The van der Waals surface area contributed by atoms with Crippen molar-refractivity contribution in [2.24, 2.45) is 0 Å². The fourth-order valence-electron chi connectivity index (χ4n) is 3.22. The highest BCUT2D eigenvalue weighted by molar-refractivity contribution is 7.91. The van der Waals surface area contributed by atoms with E-state index in [1.54, 1.807) is 22.4 Å². The number of halogens is 1. The first-order valence-corrected chi connectivity index (χ1v) is 11.3. The molecule has 152 valence electrons. The molecule has 0 saturated carbocycles. The molecule has 3 heterocycles. The molecule has 3 rings (SSSR count). The van der Waals surface area contributed by atoms with Crippen molar-refractivity contribution in [2.75, 3.05) is 19.6 Å². The maximum absolute atomic E-state index is 13.9. The minimum atomic E-state index is -3.52. The Balaban J connectivity index is 1.45. The second kappa shape index (κ2) is 8.64. The Morgan fingerprint density at radius 2 is 2.07 bits per heavy atom. The molecule has 2 N–H and O–H groups in total. The minimum Gasteiger partial charge on any atom is -0.385 e. The van der Waals surface area contributed by atoms with Gasteiger partial charge in [0.05, 0.1) is 5.60 Å². The van der Waals surface area contributed by atoms with Gasteiger partial charge in [-0.2, -0.15) is 4.39 Å². The predicted molar refractivity (Wildman–Crippen MR) is 103 cm³/mol. The first kappa shape index (κ1) is 20.8. The Hall–Kier alpha value is -1.88. The van der Waals surface area contributed by atoms with Gasteiger partial charge in [0, 0.05) is 37.8 Å². The number of nitrogens with one attached hydrogen (secondary N) is 1. The van der Waals surface area contributed by atoms with E-state index in [9.17, 15) is 22.7 Å². The second-order valence-electron chi connectivity index (χ2n) is 6.69. The van der Waals surface area contributed by atoms with E-state index >= 15 is 0 Å². The van der Waals surface area contributed by atoms with Crippen molar-refractivity contribution in [1.82, 2.24) is 14.6 Å². The van der Waals surface area contributed by atoms with Crippen LogP contribution in [0.5, 0.6) is 0 Å². The summed E-state index contributed by atoms with van der Waals surface area (Å²) in [6.45, 7) is 0.791. The Kier molecular flexibility index (Phi) is 6.43. The van der Waals surface area contributed by atoms with Gasteiger partial charge in [-0.3, -0.25) is 4.79 Å². The number of carbonyl (C=O) groups is 1. The number of aromatic nitrogens is 1. The van der Waals surface area contributed by atoms with Crippen molar-refractivity contribution in [2.45, 2.75) is 35.5 Å². The summed E-state index contributed by atoms with van der Waals surface area (Å²) in [6, 6.07) is 6.28. The van der Waals surface area contributed by atoms with Gasteiger partial charge < -0.3 is 10.0 Å². The molecule has 2 aromatic heterocycles. The van der Waals surface area contributed by atoms with Crippen LogP contribution in [0.15, 0.2) is 40.1 Å². The SMILES string of the molecule is O=C(CCCNS(=O)(=O)c1cccs1)N1CCC(O)(c2cccnc2F)CC1. The normalized spacial score (nSPS) is 16.9. The molecule has 1 aliphatic rings. The quantitative estimate of drug-likeness (QED) is 0.519. The average molecular weight is 428 g/mol. The molecule has 0 spiro atoms. The van der Waals surface area contributed by atoms with Gasteiger partial charge in [-0.25, -0.2) is 18.1 Å². The summed E-state index contributed by atoms with van der Waals surface area (Å²) in [5.41, 5.74) is -1.17. The van der Waals surface area contributed by atoms with Crippen LogP contribution in [0.3, 0.4) is 0 Å². The van der Waals surface area contributed by atoms with Crippen LogP contribution in [0.25, 0.3) is 0 Å².